The third kappa shape index (κ3) is 7.30. The standard InChI is InChI=1S/C22H27N3OS2.ClH/c1-24(2)15-9-16-25(22-23-19-12-6-7-13-20(19)28-22)21(26)14-8-17-27-18-10-4-3-5-11-18;/h3-7,10-13H,8-9,14-17H2,1-2H3;1H. The first-order valence-electron chi connectivity index (χ1n) is 9.62. The lowest BCUT2D eigenvalue weighted by molar-refractivity contribution is -0.118. The van der Waals surface area contributed by atoms with E-state index in [9.17, 15) is 4.79 Å². The Balaban J connectivity index is 0.00000300. The predicted molar refractivity (Wildman–Crippen MR) is 129 cm³/mol. The molecule has 0 saturated carbocycles. The van der Waals surface area contributed by atoms with Crippen molar-refractivity contribution in [3.63, 3.8) is 0 Å². The monoisotopic (exact) mass is 449 g/mol. The summed E-state index contributed by atoms with van der Waals surface area (Å²) in [5, 5.41) is 0.820. The second-order valence-corrected chi connectivity index (χ2v) is 9.11. The van der Waals surface area contributed by atoms with Crippen LogP contribution in [-0.2, 0) is 4.79 Å². The zero-order chi connectivity index (χ0) is 19.8. The van der Waals surface area contributed by atoms with Crippen LogP contribution in [0.3, 0.4) is 0 Å². The molecule has 0 atom stereocenters. The third-order valence-corrected chi connectivity index (χ3v) is 6.51. The maximum atomic E-state index is 13.0. The first-order valence-corrected chi connectivity index (χ1v) is 11.4. The molecular weight excluding hydrogens is 422 g/mol. The summed E-state index contributed by atoms with van der Waals surface area (Å²) in [6.07, 6.45) is 2.36. The molecule has 0 saturated heterocycles. The van der Waals surface area contributed by atoms with Crippen LogP contribution in [0.1, 0.15) is 19.3 Å². The smallest absolute Gasteiger partial charge is 0.228 e. The quantitative estimate of drug-likeness (QED) is 0.299. The molecule has 0 fully saturated rings. The lowest BCUT2D eigenvalue weighted by atomic mass is 10.3. The Morgan fingerprint density at radius 2 is 1.72 bits per heavy atom. The van der Waals surface area contributed by atoms with Gasteiger partial charge in [-0.25, -0.2) is 4.98 Å². The van der Waals surface area contributed by atoms with Crippen molar-refractivity contribution in [3.8, 4) is 0 Å². The molecule has 3 rings (SSSR count). The minimum absolute atomic E-state index is 0. The van der Waals surface area contributed by atoms with Gasteiger partial charge in [0, 0.05) is 17.9 Å². The minimum atomic E-state index is 0. The fourth-order valence-electron chi connectivity index (χ4n) is 2.91. The Labute approximate surface area is 187 Å². The number of fused-ring (bicyclic) bond motifs is 1. The highest BCUT2D eigenvalue weighted by Crippen LogP contribution is 2.29. The number of hydrogen-bond donors (Lipinski definition) is 0. The fourth-order valence-corrected chi connectivity index (χ4v) is 4.80. The molecule has 3 aromatic rings. The van der Waals surface area contributed by atoms with Gasteiger partial charge in [0.25, 0.3) is 0 Å². The normalized spacial score (nSPS) is 10.9. The highest BCUT2D eigenvalue weighted by atomic mass is 35.5. The summed E-state index contributed by atoms with van der Waals surface area (Å²) in [6.45, 7) is 1.67. The van der Waals surface area contributed by atoms with Crippen molar-refractivity contribution in [2.75, 3.05) is 37.8 Å². The Kier molecular flexibility index (Phi) is 9.94. The van der Waals surface area contributed by atoms with Crippen LogP contribution in [0.4, 0.5) is 5.13 Å². The summed E-state index contributed by atoms with van der Waals surface area (Å²) in [7, 11) is 4.12. The number of benzene rings is 2. The molecule has 0 spiro atoms. The van der Waals surface area contributed by atoms with E-state index in [1.54, 1.807) is 23.1 Å². The molecule has 0 aliphatic rings. The average molecular weight is 450 g/mol. The van der Waals surface area contributed by atoms with Crippen LogP contribution < -0.4 is 4.90 Å². The van der Waals surface area contributed by atoms with Gasteiger partial charge in [0.2, 0.25) is 5.91 Å². The van der Waals surface area contributed by atoms with Crippen LogP contribution in [0.15, 0.2) is 59.5 Å². The van der Waals surface area contributed by atoms with Gasteiger partial charge in [0.15, 0.2) is 5.13 Å². The van der Waals surface area contributed by atoms with Gasteiger partial charge in [-0.3, -0.25) is 9.69 Å². The minimum Gasteiger partial charge on any atom is -0.309 e. The third-order valence-electron chi connectivity index (χ3n) is 4.35. The number of halogens is 1. The van der Waals surface area contributed by atoms with Gasteiger partial charge < -0.3 is 4.90 Å². The van der Waals surface area contributed by atoms with E-state index in [0.29, 0.717) is 13.0 Å². The van der Waals surface area contributed by atoms with Gasteiger partial charge in [0.05, 0.1) is 10.2 Å². The molecule has 1 aromatic heterocycles. The highest BCUT2D eigenvalue weighted by Gasteiger charge is 2.19. The maximum absolute atomic E-state index is 13.0. The Bertz CT molecular complexity index is 853. The summed E-state index contributed by atoms with van der Waals surface area (Å²) in [5.41, 5.74) is 0.965. The Morgan fingerprint density at radius 1 is 1.00 bits per heavy atom. The van der Waals surface area contributed by atoms with E-state index in [0.717, 1.165) is 40.5 Å². The molecule has 0 aliphatic heterocycles. The molecule has 4 nitrogen and oxygen atoms in total. The average Bonchev–Trinajstić information content (AvgIpc) is 3.12. The van der Waals surface area contributed by atoms with E-state index in [4.69, 9.17) is 4.98 Å². The zero-order valence-corrected chi connectivity index (χ0v) is 19.4. The SMILES string of the molecule is CN(C)CCCN(C(=O)CCCSc1ccccc1)c1nc2ccccc2s1.Cl. The lowest BCUT2D eigenvalue weighted by Crippen LogP contribution is -2.33. The molecule has 0 N–H and O–H groups in total. The van der Waals surface area contributed by atoms with Crippen molar-refractivity contribution < 1.29 is 4.79 Å². The number of amides is 1. The van der Waals surface area contributed by atoms with Crippen molar-refractivity contribution in [2.24, 2.45) is 0 Å². The van der Waals surface area contributed by atoms with Crippen LogP contribution in [0.2, 0.25) is 0 Å². The zero-order valence-electron chi connectivity index (χ0n) is 16.9. The number of thioether (sulfide) groups is 1. The maximum Gasteiger partial charge on any atom is 0.228 e. The molecule has 7 heteroatoms. The number of para-hydroxylation sites is 1. The molecule has 0 bridgehead atoms. The molecule has 0 radical (unpaired) electrons. The van der Waals surface area contributed by atoms with Crippen LogP contribution in [0, 0.1) is 0 Å². The van der Waals surface area contributed by atoms with E-state index in [1.165, 1.54) is 4.90 Å². The Morgan fingerprint density at radius 3 is 2.45 bits per heavy atom. The summed E-state index contributed by atoms with van der Waals surface area (Å²) in [6, 6.07) is 18.4. The summed E-state index contributed by atoms with van der Waals surface area (Å²) >= 11 is 3.41. The largest absolute Gasteiger partial charge is 0.309 e. The molecule has 0 aliphatic carbocycles. The van der Waals surface area contributed by atoms with Gasteiger partial charge in [-0.1, -0.05) is 41.7 Å². The number of carbonyl (C=O) groups excluding carboxylic acids is 1. The summed E-state index contributed by atoms with van der Waals surface area (Å²) in [5.74, 6) is 1.12. The van der Waals surface area contributed by atoms with Crippen LogP contribution in [0.5, 0.6) is 0 Å². The number of aromatic nitrogens is 1. The van der Waals surface area contributed by atoms with E-state index in [1.807, 2.05) is 41.3 Å². The number of anilines is 1. The van der Waals surface area contributed by atoms with E-state index >= 15 is 0 Å². The van der Waals surface area contributed by atoms with Gasteiger partial charge >= 0.3 is 0 Å². The number of nitrogens with zero attached hydrogens (tertiary/aromatic N) is 3. The number of carbonyl (C=O) groups is 1. The molecule has 2 aromatic carbocycles. The first kappa shape index (κ1) is 23.7. The van der Waals surface area contributed by atoms with Gasteiger partial charge in [-0.05, 0) is 63.5 Å². The van der Waals surface area contributed by atoms with Crippen molar-refractivity contribution >= 4 is 56.8 Å². The van der Waals surface area contributed by atoms with Crippen molar-refractivity contribution in [3.05, 3.63) is 54.6 Å². The first-order chi connectivity index (χ1) is 13.6. The fraction of sp³-hybridized carbons (Fsp3) is 0.364. The van der Waals surface area contributed by atoms with E-state index in [2.05, 4.69) is 37.2 Å². The van der Waals surface area contributed by atoms with Crippen LogP contribution in [0.25, 0.3) is 10.2 Å². The Hall–Kier alpha value is -1.60. The highest BCUT2D eigenvalue weighted by molar-refractivity contribution is 7.99. The van der Waals surface area contributed by atoms with Crippen LogP contribution >= 0.6 is 35.5 Å². The predicted octanol–water partition coefficient (Wildman–Crippen LogP) is 5.58. The summed E-state index contributed by atoms with van der Waals surface area (Å²) in [4.78, 5) is 23.0. The van der Waals surface area contributed by atoms with E-state index < -0.39 is 0 Å². The summed E-state index contributed by atoms with van der Waals surface area (Å²) < 4.78 is 1.13. The molecule has 1 heterocycles. The van der Waals surface area contributed by atoms with Gasteiger partial charge in [0.1, 0.15) is 0 Å². The lowest BCUT2D eigenvalue weighted by Gasteiger charge is -2.21. The molecule has 1 amide bonds. The number of thiazole rings is 1. The second kappa shape index (κ2) is 12.2. The number of rotatable bonds is 10. The van der Waals surface area contributed by atoms with Gasteiger partial charge in [-0.15, -0.1) is 24.2 Å². The molecule has 156 valence electrons. The van der Waals surface area contributed by atoms with E-state index in [-0.39, 0.29) is 18.3 Å². The number of hydrogen-bond acceptors (Lipinski definition) is 5. The molecular formula is C22H28ClN3OS2. The van der Waals surface area contributed by atoms with Crippen LogP contribution in [-0.4, -0.2) is 48.7 Å². The molecule has 29 heavy (non-hydrogen) atoms. The van der Waals surface area contributed by atoms with Gasteiger partial charge in [-0.2, -0.15) is 0 Å². The second-order valence-electron chi connectivity index (χ2n) is 6.93. The van der Waals surface area contributed by atoms with Crippen molar-refractivity contribution in [1.82, 2.24) is 9.88 Å². The topological polar surface area (TPSA) is 36.4 Å². The van der Waals surface area contributed by atoms with Crippen molar-refractivity contribution in [1.29, 1.82) is 0 Å². The molecule has 0 unspecified atom stereocenters. The van der Waals surface area contributed by atoms with Crippen molar-refractivity contribution in [2.45, 2.75) is 24.2 Å².